The van der Waals surface area contributed by atoms with E-state index in [1.165, 1.54) is 18.2 Å². The van der Waals surface area contributed by atoms with Crippen molar-refractivity contribution in [3.8, 4) is 0 Å². The van der Waals surface area contributed by atoms with Gasteiger partial charge in [0.05, 0.1) is 4.92 Å². The number of carbonyl (C=O) groups excluding carboxylic acids is 1. The number of nitrogen functional groups attached to an aromatic ring is 1. The summed E-state index contributed by atoms with van der Waals surface area (Å²) in [6.07, 6.45) is 0.828. The van der Waals surface area contributed by atoms with Crippen LogP contribution in [0.25, 0.3) is 0 Å². The second-order valence-corrected chi connectivity index (χ2v) is 4.73. The minimum absolute atomic E-state index is 0.0359. The number of carbonyl (C=O) groups is 1. The standard InChI is InChI=1S/C13H20N4O3/c1-4-7-16(9(2)3)13(18)10-5-6-11(15-14)12(8-10)17(19)20/h5-6,8-9,15H,4,7,14H2,1-3H3. The first-order valence-corrected chi connectivity index (χ1v) is 6.48. The summed E-state index contributed by atoms with van der Waals surface area (Å²) < 4.78 is 0. The highest BCUT2D eigenvalue weighted by molar-refractivity contribution is 5.96. The molecule has 1 amide bonds. The maximum absolute atomic E-state index is 12.4. The van der Waals surface area contributed by atoms with Crippen molar-refractivity contribution in [3.05, 3.63) is 33.9 Å². The number of anilines is 1. The molecule has 7 heteroatoms. The summed E-state index contributed by atoms with van der Waals surface area (Å²) in [5.74, 6) is 5.01. The lowest BCUT2D eigenvalue weighted by atomic mass is 10.1. The van der Waals surface area contributed by atoms with E-state index in [4.69, 9.17) is 5.84 Å². The first-order chi connectivity index (χ1) is 9.42. The van der Waals surface area contributed by atoms with Crippen LogP contribution in [-0.4, -0.2) is 28.3 Å². The molecule has 0 aromatic heterocycles. The first kappa shape index (κ1) is 15.9. The Kier molecular flexibility index (Phi) is 5.45. The molecule has 0 aliphatic heterocycles. The van der Waals surface area contributed by atoms with Gasteiger partial charge < -0.3 is 10.3 Å². The van der Waals surface area contributed by atoms with Crippen LogP contribution in [-0.2, 0) is 0 Å². The van der Waals surface area contributed by atoms with Crippen LogP contribution in [0.4, 0.5) is 11.4 Å². The van der Waals surface area contributed by atoms with E-state index < -0.39 is 4.92 Å². The van der Waals surface area contributed by atoms with Gasteiger partial charge in [-0.15, -0.1) is 0 Å². The number of nitro benzene ring substituents is 1. The minimum Gasteiger partial charge on any atom is -0.336 e. The Morgan fingerprint density at radius 1 is 1.50 bits per heavy atom. The third-order valence-electron chi connectivity index (χ3n) is 2.95. The number of hydrazine groups is 1. The molecule has 0 saturated heterocycles. The molecule has 1 aromatic carbocycles. The van der Waals surface area contributed by atoms with Crippen molar-refractivity contribution < 1.29 is 9.72 Å². The molecule has 1 aromatic rings. The normalized spacial score (nSPS) is 10.4. The van der Waals surface area contributed by atoms with E-state index in [1.54, 1.807) is 4.90 Å². The second-order valence-electron chi connectivity index (χ2n) is 4.73. The largest absolute Gasteiger partial charge is 0.336 e. The molecule has 0 spiro atoms. The molecule has 0 saturated carbocycles. The summed E-state index contributed by atoms with van der Waals surface area (Å²) in [5.41, 5.74) is 2.51. The minimum atomic E-state index is -0.564. The Bertz CT molecular complexity index is 502. The average Bonchev–Trinajstić information content (AvgIpc) is 2.42. The third kappa shape index (κ3) is 3.45. The zero-order valence-electron chi connectivity index (χ0n) is 11.9. The predicted molar refractivity (Wildman–Crippen MR) is 77.4 cm³/mol. The van der Waals surface area contributed by atoms with Gasteiger partial charge in [-0.1, -0.05) is 6.92 Å². The summed E-state index contributed by atoms with van der Waals surface area (Å²) in [6.45, 7) is 6.42. The van der Waals surface area contributed by atoms with Gasteiger partial charge >= 0.3 is 0 Å². The number of hydrogen-bond acceptors (Lipinski definition) is 5. The van der Waals surface area contributed by atoms with Crippen LogP contribution in [0.15, 0.2) is 18.2 Å². The maximum Gasteiger partial charge on any atom is 0.294 e. The smallest absolute Gasteiger partial charge is 0.294 e. The number of nitrogens with zero attached hydrogens (tertiary/aromatic N) is 2. The molecule has 0 atom stereocenters. The van der Waals surface area contributed by atoms with Crippen LogP contribution in [0.5, 0.6) is 0 Å². The van der Waals surface area contributed by atoms with Crippen molar-refractivity contribution in [2.45, 2.75) is 33.2 Å². The number of nitrogens with one attached hydrogen (secondary N) is 1. The molecule has 0 unspecified atom stereocenters. The van der Waals surface area contributed by atoms with Crippen molar-refractivity contribution >= 4 is 17.3 Å². The Hall–Kier alpha value is -2.15. The Morgan fingerprint density at radius 2 is 2.15 bits per heavy atom. The summed E-state index contributed by atoms with van der Waals surface area (Å²) in [4.78, 5) is 24.5. The Labute approximate surface area is 117 Å². The van der Waals surface area contributed by atoms with E-state index in [0.717, 1.165) is 6.42 Å². The lowest BCUT2D eigenvalue weighted by molar-refractivity contribution is -0.384. The van der Waals surface area contributed by atoms with E-state index in [-0.39, 0.29) is 28.9 Å². The van der Waals surface area contributed by atoms with Gasteiger partial charge in [-0.3, -0.25) is 20.8 Å². The molecule has 0 heterocycles. The molecule has 3 N–H and O–H groups in total. The van der Waals surface area contributed by atoms with Crippen LogP contribution < -0.4 is 11.3 Å². The Morgan fingerprint density at radius 3 is 2.60 bits per heavy atom. The lowest BCUT2D eigenvalue weighted by Gasteiger charge is -2.26. The van der Waals surface area contributed by atoms with Crippen molar-refractivity contribution in [2.24, 2.45) is 5.84 Å². The van der Waals surface area contributed by atoms with Crippen LogP contribution in [0, 0.1) is 10.1 Å². The predicted octanol–water partition coefficient (Wildman–Crippen LogP) is 2.14. The SMILES string of the molecule is CCCN(C(=O)c1ccc(NN)c([N+](=O)[O-])c1)C(C)C. The quantitative estimate of drug-likeness (QED) is 0.472. The average molecular weight is 280 g/mol. The summed E-state index contributed by atoms with van der Waals surface area (Å²) in [5, 5.41) is 11.0. The van der Waals surface area contributed by atoms with Crippen molar-refractivity contribution in [3.63, 3.8) is 0 Å². The number of nitrogens with two attached hydrogens (primary N) is 1. The highest BCUT2D eigenvalue weighted by atomic mass is 16.6. The molecule has 20 heavy (non-hydrogen) atoms. The number of amides is 1. The van der Waals surface area contributed by atoms with Gasteiger partial charge in [-0.05, 0) is 32.4 Å². The second kappa shape index (κ2) is 6.85. The number of rotatable bonds is 6. The molecular weight excluding hydrogens is 260 g/mol. The fourth-order valence-electron chi connectivity index (χ4n) is 1.94. The molecule has 0 bridgehead atoms. The van der Waals surface area contributed by atoms with Gasteiger partial charge in [-0.25, -0.2) is 0 Å². The lowest BCUT2D eigenvalue weighted by Crippen LogP contribution is -2.37. The first-order valence-electron chi connectivity index (χ1n) is 6.48. The van der Waals surface area contributed by atoms with Crippen LogP contribution in [0.1, 0.15) is 37.6 Å². The monoisotopic (exact) mass is 280 g/mol. The number of benzene rings is 1. The molecule has 0 radical (unpaired) electrons. The van der Waals surface area contributed by atoms with Gasteiger partial charge in [0.15, 0.2) is 0 Å². The summed E-state index contributed by atoms with van der Waals surface area (Å²) in [7, 11) is 0. The summed E-state index contributed by atoms with van der Waals surface area (Å²) >= 11 is 0. The van der Waals surface area contributed by atoms with Gasteiger partial charge in [0.1, 0.15) is 5.69 Å². The van der Waals surface area contributed by atoms with Gasteiger partial charge in [0.25, 0.3) is 11.6 Å². The number of nitro groups is 1. The highest BCUT2D eigenvalue weighted by Crippen LogP contribution is 2.25. The van der Waals surface area contributed by atoms with Crippen molar-refractivity contribution in [2.75, 3.05) is 12.0 Å². The van der Waals surface area contributed by atoms with Crippen molar-refractivity contribution in [1.29, 1.82) is 0 Å². The number of hydrogen-bond donors (Lipinski definition) is 2. The maximum atomic E-state index is 12.4. The third-order valence-corrected chi connectivity index (χ3v) is 2.95. The molecule has 0 fully saturated rings. The van der Waals surface area contributed by atoms with Crippen molar-refractivity contribution in [1.82, 2.24) is 4.90 Å². The van der Waals surface area contributed by atoms with Gasteiger partial charge in [0, 0.05) is 24.2 Å². The molecule has 1 rings (SSSR count). The van der Waals surface area contributed by atoms with E-state index in [1.807, 2.05) is 20.8 Å². The van der Waals surface area contributed by atoms with E-state index in [9.17, 15) is 14.9 Å². The van der Waals surface area contributed by atoms with Crippen LogP contribution in [0.3, 0.4) is 0 Å². The zero-order valence-corrected chi connectivity index (χ0v) is 11.9. The van der Waals surface area contributed by atoms with Gasteiger partial charge in [-0.2, -0.15) is 0 Å². The molecule has 0 aliphatic rings. The fraction of sp³-hybridized carbons (Fsp3) is 0.462. The molecule has 0 aliphatic carbocycles. The summed E-state index contributed by atoms with van der Waals surface area (Å²) in [6, 6.07) is 4.27. The van der Waals surface area contributed by atoms with E-state index in [0.29, 0.717) is 6.54 Å². The molecule has 110 valence electrons. The fourth-order valence-corrected chi connectivity index (χ4v) is 1.94. The Balaban J connectivity index is 3.15. The van der Waals surface area contributed by atoms with Crippen LogP contribution >= 0.6 is 0 Å². The molecular formula is C13H20N4O3. The van der Waals surface area contributed by atoms with E-state index >= 15 is 0 Å². The molecule has 7 nitrogen and oxygen atoms in total. The zero-order chi connectivity index (χ0) is 15.3. The van der Waals surface area contributed by atoms with Gasteiger partial charge in [0.2, 0.25) is 0 Å². The van der Waals surface area contributed by atoms with E-state index in [2.05, 4.69) is 5.43 Å². The highest BCUT2D eigenvalue weighted by Gasteiger charge is 2.22. The van der Waals surface area contributed by atoms with Crippen LogP contribution in [0.2, 0.25) is 0 Å². The topological polar surface area (TPSA) is 102 Å².